The summed E-state index contributed by atoms with van der Waals surface area (Å²) in [5.74, 6) is 1.18. The van der Waals surface area contributed by atoms with Gasteiger partial charge in [0.05, 0.1) is 24.3 Å². The van der Waals surface area contributed by atoms with Crippen LogP contribution in [0.2, 0.25) is 0 Å². The number of nitrogens with zero attached hydrogens (tertiary/aromatic N) is 1. The van der Waals surface area contributed by atoms with E-state index in [0.717, 1.165) is 5.56 Å². The molecule has 0 aliphatic carbocycles. The van der Waals surface area contributed by atoms with Gasteiger partial charge in [-0.25, -0.2) is 4.83 Å². The number of rotatable bonds is 7. The summed E-state index contributed by atoms with van der Waals surface area (Å²) in [6, 6.07) is 8.95. The van der Waals surface area contributed by atoms with Crippen molar-refractivity contribution in [3.63, 3.8) is 0 Å². The van der Waals surface area contributed by atoms with Crippen molar-refractivity contribution in [1.29, 1.82) is 0 Å². The summed E-state index contributed by atoms with van der Waals surface area (Å²) in [7, 11) is -2.19. The minimum absolute atomic E-state index is 0.0166. The summed E-state index contributed by atoms with van der Waals surface area (Å²) in [5.41, 5.74) is 3.08. The van der Waals surface area contributed by atoms with E-state index in [1.807, 2.05) is 32.9 Å². The average Bonchev–Trinajstić information content (AvgIpc) is 2.53. The second kappa shape index (κ2) is 8.43. The van der Waals surface area contributed by atoms with Crippen LogP contribution in [-0.4, -0.2) is 27.8 Å². The van der Waals surface area contributed by atoms with E-state index in [2.05, 4.69) is 9.93 Å². The van der Waals surface area contributed by atoms with Crippen molar-refractivity contribution in [1.82, 2.24) is 4.83 Å². The van der Waals surface area contributed by atoms with Gasteiger partial charge in [0.1, 0.15) is 0 Å². The van der Waals surface area contributed by atoms with E-state index < -0.39 is 10.0 Å². The van der Waals surface area contributed by atoms with Crippen molar-refractivity contribution < 1.29 is 17.9 Å². The molecule has 0 radical (unpaired) electrons. The van der Waals surface area contributed by atoms with E-state index >= 15 is 0 Å². The lowest BCUT2D eigenvalue weighted by atomic mass is 10.1. The lowest BCUT2D eigenvalue weighted by Crippen LogP contribution is -2.20. The number of hydrogen-bond donors (Lipinski definition) is 1. The number of sulfonamides is 1. The first-order valence-corrected chi connectivity index (χ1v) is 10.1. The molecule has 1 N–H and O–H groups in total. The van der Waals surface area contributed by atoms with E-state index in [0.29, 0.717) is 28.2 Å². The van der Waals surface area contributed by atoms with Crippen molar-refractivity contribution in [2.45, 2.75) is 45.6 Å². The monoisotopic (exact) mass is 390 g/mol. The zero-order valence-electron chi connectivity index (χ0n) is 16.5. The molecule has 27 heavy (non-hydrogen) atoms. The molecule has 7 heteroatoms. The predicted octanol–water partition coefficient (Wildman–Crippen LogP) is 3.72. The summed E-state index contributed by atoms with van der Waals surface area (Å²) >= 11 is 0. The molecular weight excluding hydrogens is 364 g/mol. The van der Waals surface area contributed by atoms with Crippen molar-refractivity contribution >= 4 is 16.2 Å². The fraction of sp³-hybridized carbons (Fsp3) is 0.350. The summed E-state index contributed by atoms with van der Waals surface area (Å²) in [6.45, 7) is 9.32. The maximum absolute atomic E-state index is 12.6. The summed E-state index contributed by atoms with van der Waals surface area (Å²) < 4.78 is 36.2. The summed E-state index contributed by atoms with van der Waals surface area (Å²) in [5, 5.41) is 3.91. The van der Waals surface area contributed by atoms with Crippen LogP contribution in [0, 0.1) is 20.8 Å². The number of hydrogen-bond acceptors (Lipinski definition) is 5. The van der Waals surface area contributed by atoms with Gasteiger partial charge in [0.2, 0.25) is 0 Å². The Bertz CT molecular complexity index is 927. The minimum Gasteiger partial charge on any atom is -0.493 e. The topological polar surface area (TPSA) is 77.0 Å². The largest absolute Gasteiger partial charge is 0.493 e. The molecule has 146 valence electrons. The maximum Gasteiger partial charge on any atom is 0.277 e. The average molecular weight is 391 g/mol. The lowest BCUT2D eigenvalue weighted by Gasteiger charge is -2.14. The SMILES string of the molecule is COc1ccc(/C=N/NS(=O)(=O)c2c(C)cc(C)cc2C)cc1OC(C)C. The van der Waals surface area contributed by atoms with Crippen LogP contribution in [0.25, 0.3) is 0 Å². The Labute approximate surface area is 161 Å². The van der Waals surface area contributed by atoms with Crippen LogP contribution >= 0.6 is 0 Å². The summed E-state index contributed by atoms with van der Waals surface area (Å²) in [4.78, 5) is 2.54. The first kappa shape index (κ1) is 20.8. The summed E-state index contributed by atoms with van der Waals surface area (Å²) in [6.07, 6.45) is 1.42. The van der Waals surface area contributed by atoms with Crippen molar-refractivity contribution in [3.05, 3.63) is 52.6 Å². The van der Waals surface area contributed by atoms with Crippen LogP contribution in [0.4, 0.5) is 0 Å². The smallest absolute Gasteiger partial charge is 0.277 e. The molecule has 0 bridgehead atoms. The molecule has 0 saturated heterocycles. The second-order valence-electron chi connectivity index (χ2n) is 6.66. The third-order valence-corrected chi connectivity index (χ3v) is 5.34. The molecule has 0 atom stereocenters. The Morgan fingerprint density at radius 3 is 2.22 bits per heavy atom. The number of methoxy groups -OCH3 is 1. The Kier molecular flexibility index (Phi) is 6.49. The molecule has 0 aromatic heterocycles. The van der Waals surface area contributed by atoms with Crippen LogP contribution in [0.5, 0.6) is 11.5 Å². The van der Waals surface area contributed by atoms with Crippen LogP contribution in [-0.2, 0) is 10.0 Å². The highest BCUT2D eigenvalue weighted by Crippen LogP contribution is 2.28. The van der Waals surface area contributed by atoms with Crippen LogP contribution in [0.3, 0.4) is 0 Å². The molecule has 2 rings (SSSR count). The Morgan fingerprint density at radius 2 is 1.67 bits per heavy atom. The fourth-order valence-electron chi connectivity index (χ4n) is 2.93. The lowest BCUT2D eigenvalue weighted by molar-refractivity contribution is 0.230. The minimum atomic E-state index is -3.75. The molecule has 0 fully saturated rings. The Hall–Kier alpha value is -2.54. The van der Waals surface area contributed by atoms with Crippen LogP contribution < -0.4 is 14.3 Å². The van der Waals surface area contributed by atoms with Gasteiger partial charge in [-0.1, -0.05) is 17.7 Å². The fourth-order valence-corrected chi connectivity index (χ4v) is 4.17. The number of hydrazone groups is 1. The molecule has 2 aromatic rings. The van der Waals surface area contributed by atoms with E-state index in [4.69, 9.17) is 9.47 Å². The van der Waals surface area contributed by atoms with Crippen LogP contribution in [0.15, 0.2) is 40.3 Å². The predicted molar refractivity (Wildman–Crippen MR) is 107 cm³/mol. The highest BCUT2D eigenvalue weighted by Gasteiger charge is 2.19. The van der Waals surface area contributed by atoms with Gasteiger partial charge in [0.25, 0.3) is 10.0 Å². The molecule has 6 nitrogen and oxygen atoms in total. The molecule has 2 aromatic carbocycles. The molecule has 0 heterocycles. The van der Waals surface area contributed by atoms with Crippen molar-refractivity contribution in [3.8, 4) is 11.5 Å². The van der Waals surface area contributed by atoms with E-state index in [1.165, 1.54) is 6.21 Å². The molecule has 0 amide bonds. The van der Waals surface area contributed by atoms with Crippen LogP contribution in [0.1, 0.15) is 36.1 Å². The zero-order valence-corrected chi connectivity index (χ0v) is 17.3. The third-order valence-electron chi connectivity index (χ3n) is 3.81. The van der Waals surface area contributed by atoms with Gasteiger partial charge in [-0.15, -0.1) is 0 Å². The van der Waals surface area contributed by atoms with E-state index in [9.17, 15) is 8.42 Å². The molecule has 0 aliphatic rings. The van der Waals surface area contributed by atoms with Crippen molar-refractivity contribution in [2.75, 3.05) is 7.11 Å². The van der Waals surface area contributed by atoms with Crippen molar-refractivity contribution in [2.24, 2.45) is 5.10 Å². The quantitative estimate of drug-likeness (QED) is 0.577. The van der Waals surface area contributed by atoms with Gasteiger partial charge in [-0.2, -0.15) is 13.5 Å². The van der Waals surface area contributed by atoms with Gasteiger partial charge < -0.3 is 9.47 Å². The molecule has 0 spiro atoms. The molecule has 0 saturated carbocycles. The maximum atomic E-state index is 12.6. The zero-order chi connectivity index (χ0) is 20.2. The van der Waals surface area contributed by atoms with E-state index in [-0.39, 0.29) is 11.0 Å². The first-order chi connectivity index (χ1) is 12.6. The highest BCUT2D eigenvalue weighted by atomic mass is 32.2. The van der Waals surface area contributed by atoms with Gasteiger partial charge in [-0.05, 0) is 69.5 Å². The Morgan fingerprint density at radius 1 is 1.04 bits per heavy atom. The first-order valence-electron chi connectivity index (χ1n) is 8.61. The number of aryl methyl sites for hydroxylation is 3. The molecule has 0 aliphatic heterocycles. The van der Waals surface area contributed by atoms with Gasteiger partial charge in [0.15, 0.2) is 11.5 Å². The van der Waals surface area contributed by atoms with Gasteiger partial charge >= 0.3 is 0 Å². The second-order valence-corrected chi connectivity index (χ2v) is 8.26. The number of benzene rings is 2. The third kappa shape index (κ3) is 5.23. The normalized spacial score (nSPS) is 11.8. The van der Waals surface area contributed by atoms with E-state index in [1.54, 1.807) is 39.2 Å². The van der Waals surface area contributed by atoms with Gasteiger partial charge in [-0.3, -0.25) is 0 Å². The molecule has 0 unspecified atom stereocenters. The number of ether oxygens (including phenoxy) is 2. The standard InChI is InChI=1S/C20H26N2O4S/c1-13(2)26-19-11-17(7-8-18(19)25-6)12-21-22-27(23,24)20-15(4)9-14(3)10-16(20)5/h7-13,22H,1-6H3/b21-12+. The number of nitrogens with one attached hydrogen (secondary N) is 1. The Balaban J connectivity index is 2.24. The van der Waals surface area contributed by atoms with Gasteiger partial charge in [0, 0.05) is 0 Å². The molecular formula is C20H26N2O4S. The highest BCUT2D eigenvalue weighted by molar-refractivity contribution is 7.89.